The number of allylic oxidation sites excluding steroid dienone is 1. The molecular weight excluding hydrogens is 268 g/mol. The molecule has 0 bridgehead atoms. The third kappa shape index (κ3) is 2.13. The van der Waals surface area contributed by atoms with E-state index in [9.17, 15) is 13.5 Å². The highest BCUT2D eigenvalue weighted by Crippen LogP contribution is 2.39. The van der Waals surface area contributed by atoms with Crippen LogP contribution in [-0.2, 0) is 14.8 Å². The van der Waals surface area contributed by atoms with E-state index in [4.69, 9.17) is 21.5 Å². The monoisotopic (exact) mass is 280 g/mol. The molecule has 0 aliphatic carbocycles. The van der Waals surface area contributed by atoms with E-state index in [-0.39, 0.29) is 19.6 Å². The van der Waals surface area contributed by atoms with E-state index in [1.807, 2.05) is 0 Å². The van der Waals surface area contributed by atoms with E-state index in [0.717, 1.165) is 0 Å². The first kappa shape index (κ1) is 13.0. The van der Waals surface area contributed by atoms with Gasteiger partial charge in [-0.1, -0.05) is 17.7 Å². The van der Waals surface area contributed by atoms with Gasteiger partial charge in [-0.25, -0.2) is 13.6 Å². The maximum atomic E-state index is 11.8. The Morgan fingerprint density at radius 2 is 2.24 bits per heavy atom. The third-order valence-corrected chi connectivity index (χ3v) is 5.16. The second-order valence-corrected chi connectivity index (χ2v) is 6.65. The fourth-order valence-corrected chi connectivity index (χ4v) is 3.62. The maximum Gasteiger partial charge on any atom is 0.221 e. The molecule has 0 spiro atoms. The molecule has 0 saturated carbocycles. The average molecular weight is 281 g/mol. The number of sulfonamides is 1. The van der Waals surface area contributed by atoms with Crippen molar-refractivity contribution in [3.05, 3.63) is 12.2 Å². The van der Waals surface area contributed by atoms with Gasteiger partial charge in [0.05, 0.1) is 13.2 Å². The fraction of sp³-hybridized carbons (Fsp3) is 0.667. The van der Waals surface area contributed by atoms with Gasteiger partial charge in [-0.05, 0) is 6.08 Å². The summed E-state index contributed by atoms with van der Waals surface area (Å²) in [5.74, 6) is 0. The summed E-state index contributed by atoms with van der Waals surface area (Å²) in [6.45, 7) is 0.150. The zero-order chi connectivity index (χ0) is 12.7. The van der Waals surface area contributed by atoms with Gasteiger partial charge in [0.15, 0.2) is 0 Å². The van der Waals surface area contributed by atoms with Crippen molar-refractivity contribution in [3.63, 3.8) is 0 Å². The van der Waals surface area contributed by atoms with Crippen molar-refractivity contribution >= 4 is 27.8 Å². The number of halogens is 1. The van der Waals surface area contributed by atoms with Crippen molar-refractivity contribution in [2.24, 2.45) is 10.1 Å². The molecule has 0 aromatic carbocycles. The minimum Gasteiger partial charge on any atom is -0.385 e. The number of aliphatic imine (C=N–C) groups is 1. The first-order valence-electron chi connectivity index (χ1n) is 4.97. The van der Waals surface area contributed by atoms with Crippen molar-refractivity contribution in [3.8, 4) is 0 Å². The molecule has 1 saturated heterocycles. The molecule has 2 aliphatic heterocycles. The highest BCUT2D eigenvalue weighted by molar-refractivity contribution is 7.90. The number of nitrogens with zero attached hydrogens (tertiary/aromatic N) is 1. The summed E-state index contributed by atoms with van der Waals surface area (Å²) in [5, 5.41) is 15.3. The number of hydrogen-bond acceptors (Lipinski definition) is 5. The van der Waals surface area contributed by atoms with E-state index >= 15 is 0 Å². The van der Waals surface area contributed by atoms with Crippen molar-refractivity contribution < 1.29 is 18.3 Å². The number of alkyl halides is 1. The lowest BCUT2D eigenvalue weighted by Gasteiger charge is -2.43. The average Bonchev–Trinajstić information content (AvgIpc) is 2.17. The summed E-state index contributed by atoms with van der Waals surface area (Å²) in [6, 6.07) is 0. The van der Waals surface area contributed by atoms with Gasteiger partial charge in [0.1, 0.15) is 15.8 Å². The first-order valence-corrected chi connectivity index (χ1v) is 6.95. The summed E-state index contributed by atoms with van der Waals surface area (Å²) < 4.78 is 26.8. The molecule has 2 aliphatic rings. The molecule has 2 unspecified atom stereocenters. The normalized spacial score (nSPS) is 35.6. The van der Waals surface area contributed by atoms with Crippen LogP contribution in [0.2, 0.25) is 0 Å². The Bertz CT molecular complexity index is 471. The van der Waals surface area contributed by atoms with Crippen molar-refractivity contribution in [1.82, 2.24) is 0 Å². The molecule has 96 valence electrons. The Morgan fingerprint density at radius 3 is 2.65 bits per heavy atom. The largest absolute Gasteiger partial charge is 0.385 e. The van der Waals surface area contributed by atoms with Crippen molar-refractivity contribution in [1.29, 1.82) is 0 Å². The van der Waals surface area contributed by atoms with Crippen molar-refractivity contribution in [2.45, 2.75) is 22.3 Å². The number of rotatable bonds is 3. The third-order valence-electron chi connectivity index (χ3n) is 2.96. The molecule has 2 atom stereocenters. The summed E-state index contributed by atoms with van der Waals surface area (Å²) in [5.41, 5.74) is -2.26. The Balaban J connectivity index is 2.38. The van der Waals surface area contributed by atoms with Crippen LogP contribution in [0.15, 0.2) is 17.1 Å². The summed E-state index contributed by atoms with van der Waals surface area (Å²) in [6.07, 6.45) is 4.12. The second kappa shape index (κ2) is 4.03. The summed E-state index contributed by atoms with van der Waals surface area (Å²) in [4.78, 5) is 3.84. The van der Waals surface area contributed by atoms with E-state index in [1.54, 1.807) is 0 Å². The molecule has 2 heterocycles. The molecule has 0 aromatic rings. The van der Waals surface area contributed by atoms with E-state index in [1.165, 1.54) is 18.4 Å². The van der Waals surface area contributed by atoms with E-state index < -0.39 is 25.9 Å². The van der Waals surface area contributed by atoms with Crippen LogP contribution in [0.25, 0.3) is 0 Å². The van der Waals surface area contributed by atoms with E-state index in [2.05, 4.69) is 4.99 Å². The van der Waals surface area contributed by atoms with E-state index in [0.29, 0.717) is 0 Å². The number of primary sulfonamides is 1. The predicted octanol–water partition coefficient (Wildman–Crippen LogP) is -0.629. The molecule has 3 N–H and O–H groups in total. The molecule has 17 heavy (non-hydrogen) atoms. The zero-order valence-electron chi connectivity index (χ0n) is 8.91. The molecule has 8 heteroatoms. The SMILES string of the molecule is NS(=O)(=O)C1(CC2(O)COC2)C=CC=NC1Cl. The van der Waals surface area contributed by atoms with Gasteiger partial charge < -0.3 is 9.84 Å². The van der Waals surface area contributed by atoms with Crippen LogP contribution >= 0.6 is 11.6 Å². The Morgan fingerprint density at radius 1 is 1.59 bits per heavy atom. The molecule has 6 nitrogen and oxygen atoms in total. The van der Waals surface area contributed by atoms with Crippen LogP contribution in [0.4, 0.5) is 0 Å². The number of aliphatic hydroxyl groups is 1. The molecule has 1 fully saturated rings. The van der Waals surface area contributed by atoms with Gasteiger partial charge >= 0.3 is 0 Å². The fourth-order valence-electron chi connectivity index (χ4n) is 1.96. The van der Waals surface area contributed by atoms with Crippen LogP contribution in [0.3, 0.4) is 0 Å². The lowest BCUT2D eigenvalue weighted by Crippen LogP contribution is -2.60. The topological polar surface area (TPSA) is 102 Å². The van der Waals surface area contributed by atoms with Crippen molar-refractivity contribution in [2.75, 3.05) is 13.2 Å². The van der Waals surface area contributed by atoms with Crippen LogP contribution in [0.5, 0.6) is 0 Å². The number of ether oxygens (including phenoxy) is 1. The Labute approximate surface area is 104 Å². The minimum absolute atomic E-state index is 0.0748. The maximum absolute atomic E-state index is 11.8. The van der Waals surface area contributed by atoms with Gasteiger partial charge in [0, 0.05) is 12.6 Å². The minimum atomic E-state index is -3.99. The Kier molecular flexibility index (Phi) is 3.07. The van der Waals surface area contributed by atoms with Crippen LogP contribution < -0.4 is 5.14 Å². The van der Waals surface area contributed by atoms with Crippen LogP contribution in [0, 0.1) is 0 Å². The number of dihydropyridines is 1. The molecule has 0 radical (unpaired) electrons. The Hall–Kier alpha value is -0.470. The smallest absolute Gasteiger partial charge is 0.221 e. The van der Waals surface area contributed by atoms with Gasteiger partial charge in [-0.2, -0.15) is 0 Å². The molecular formula is C9H13ClN2O4S. The molecule has 2 rings (SSSR count). The predicted molar refractivity (Wildman–Crippen MR) is 63.5 cm³/mol. The zero-order valence-corrected chi connectivity index (χ0v) is 10.5. The number of hydrogen-bond donors (Lipinski definition) is 2. The first-order chi connectivity index (χ1) is 7.79. The standard InChI is InChI=1S/C9H13ClN2O4S/c10-7-9(17(11,14)15,2-1-3-12-7)4-8(13)5-16-6-8/h1-3,7,13H,4-6H2,(H2,11,14,15). The second-order valence-electron chi connectivity index (χ2n) is 4.39. The lowest BCUT2D eigenvalue weighted by atomic mass is 9.87. The summed E-state index contributed by atoms with van der Waals surface area (Å²) >= 11 is 5.95. The highest BCUT2D eigenvalue weighted by Gasteiger charge is 2.54. The van der Waals surface area contributed by atoms with Gasteiger partial charge in [-0.15, -0.1) is 0 Å². The highest BCUT2D eigenvalue weighted by atomic mass is 35.5. The van der Waals surface area contributed by atoms with Crippen LogP contribution in [-0.4, -0.2) is 48.8 Å². The quantitative estimate of drug-likeness (QED) is 0.531. The van der Waals surface area contributed by atoms with Gasteiger partial charge in [0.2, 0.25) is 10.0 Å². The molecule has 0 amide bonds. The summed E-state index contributed by atoms with van der Waals surface area (Å²) in [7, 11) is -3.99. The molecule has 0 aromatic heterocycles. The van der Waals surface area contributed by atoms with Gasteiger partial charge in [0.25, 0.3) is 0 Å². The number of nitrogens with two attached hydrogens (primary N) is 1. The lowest BCUT2D eigenvalue weighted by molar-refractivity contribution is -0.183. The van der Waals surface area contributed by atoms with Gasteiger partial charge in [-0.3, -0.25) is 4.99 Å². The van der Waals surface area contributed by atoms with Crippen LogP contribution in [0.1, 0.15) is 6.42 Å².